The van der Waals surface area contributed by atoms with Crippen LogP contribution in [0.5, 0.6) is 0 Å². The summed E-state index contributed by atoms with van der Waals surface area (Å²) in [5, 5.41) is -0.473. The lowest BCUT2D eigenvalue weighted by atomic mass is 10.7. The normalized spacial score (nSPS) is 18.6. The Kier molecular flexibility index (Phi) is 1.92. The van der Waals surface area contributed by atoms with Gasteiger partial charge in [0.2, 0.25) is 0 Å². The SMILES string of the molecule is CSC1=NC(=O)C(=O)S1. The molecule has 0 aromatic rings. The van der Waals surface area contributed by atoms with Crippen molar-refractivity contribution >= 4 is 38.9 Å². The fraction of sp³-hybridized carbons (Fsp3) is 0.250. The maximum absolute atomic E-state index is 10.4. The number of carbonyl (C=O) groups is 2. The average molecular weight is 161 g/mol. The summed E-state index contributed by atoms with van der Waals surface area (Å²) in [6.07, 6.45) is 1.78. The van der Waals surface area contributed by atoms with Gasteiger partial charge in [0.05, 0.1) is 0 Å². The van der Waals surface area contributed by atoms with Gasteiger partial charge in [-0.05, 0) is 18.0 Å². The first-order valence-electron chi connectivity index (χ1n) is 2.13. The smallest absolute Gasteiger partial charge is 0.275 e. The first-order chi connectivity index (χ1) is 4.24. The van der Waals surface area contributed by atoms with Crippen LogP contribution in [0, 0.1) is 0 Å². The quantitative estimate of drug-likeness (QED) is 0.485. The highest BCUT2D eigenvalue weighted by atomic mass is 32.2. The van der Waals surface area contributed by atoms with Gasteiger partial charge in [-0.1, -0.05) is 0 Å². The second kappa shape index (κ2) is 2.53. The number of thioether (sulfide) groups is 2. The molecular weight excluding hydrogens is 158 g/mol. The fourth-order valence-electron chi connectivity index (χ4n) is 0.362. The number of carbonyl (C=O) groups excluding carboxylic acids is 2. The molecule has 0 spiro atoms. The van der Waals surface area contributed by atoms with Crippen LogP contribution >= 0.6 is 23.5 Å². The van der Waals surface area contributed by atoms with Crippen molar-refractivity contribution in [1.29, 1.82) is 0 Å². The van der Waals surface area contributed by atoms with Gasteiger partial charge in [-0.15, -0.1) is 11.8 Å². The molecule has 9 heavy (non-hydrogen) atoms. The molecule has 0 radical (unpaired) electrons. The van der Waals surface area contributed by atoms with E-state index in [4.69, 9.17) is 0 Å². The number of hydrogen-bond donors (Lipinski definition) is 0. The first-order valence-corrected chi connectivity index (χ1v) is 4.17. The summed E-state index contributed by atoms with van der Waals surface area (Å²) in [7, 11) is 0. The molecule has 0 aromatic heterocycles. The predicted octanol–water partition coefficient (Wildman–Crippen LogP) is 0.505. The zero-order valence-corrected chi connectivity index (χ0v) is 6.21. The monoisotopic (exact) mass is 161 g/mol. The molecule has 0 aliphatic carbocycles. The molecule has 3 nitrogen and oxygen atoms in total. The Balaban J connectivity index is 2.74. The van der Waals surface area contributed by atoms with E-state index in [2.05, 4.69) is 4.99 Å². The van der Waals surface area contributed by atoms with E-state index in [1.165, 1.54) is 11.8 Å². The molecule has 0 unspecified atom stereocenters. The van der Waals surface area contributed by atoms with Gasteiger partial charge in [0.25, 0.3) is 5.12 Å². The van der Waals surface area contributed by atoms with Gasteiger partial charge in [0.1, 0.15) is 4.38 Å². The van der Waals surface area contributed by atoms with Crippen LogP contribution in [0.15, 0.2) is 4.99 Å². The topological polar surface area (TPSA) is 46.5 Å². The molecule has 0 fully saturated rings. The zero-order valence-electron chi connectivity index (χ0n) is 4.58. The van der Waals surface area contributed by atoms with E-state index in [0.29, 0.717) is 4.38 Å². The van der Waals surface area contributed by atoms with Gasteiger partial charge >= 0.3 is 5.91 Å². The van der Waals surface area contributed by atoms with E-state index < -0.39 is 11.0 Å². The van der Waals surface area contributed by atoms with E-state index >= 15 is 0 Å². The van der Waals surface area contributed by atoms with Crippen molar-refractivity contribution in [3.63, 3.8) is 0 Å². The second-order valence-electron chi connectivity index (χ2n) is 1.28. The van der Waals surface area contributed by atoms with Crippen LogP contribution in [0.25, 0.3) is 0 Å². The Bertz CT molecular complexity index is 199. The Morgan fingerprint density at radius 2 is 2.22 bits per heavy atom. The van der Waals surface area contributed by atoms with E-state index in [1.807, 2.05) is 0 Å². The lowest BCUT2D eigenvalue weighted by Gasteiger charge is -1.82. The number of aliphatic imine (C=N–C) groups is 1. The Morgan fingerprint density at radius 3 is 2.44 bits per heavy atom. The predicted molar refractivity (Wildman–Crippen MR) is 38.6 cm³/mol. The zero-order chi connectivity index (χ0) is 6.85. The molecule has 1 aliphatic rings. The fourth-order valence-corrected chi connectivity index (χ4v) is 1.52. The van der Waals surface area contributed by atoms with Crippen molar-refractivity contribution in [3.8, 4) is 0 Å². The number of hydrogen-bond acceptors (Lipinski definition) is 4. The van der Waals surface area contributed by atoms with E-state index in [0.717, 1.165) is 11.8 Å². The third-order valence-electron chi connectivity index (χ3n) is 0.722. The minimum atomic E-state index is -0.635. The van der Waals surface area contributed by atoms with Crippen LogP contribution in [0.3, 0.4) is 0 Å². The van der Waals surface area contributed by atoms with E-state index in [9.17, 15) is 9.59 Å². The highest BCUT2D eigenvalue weighted by molar-refractivity contribution is 8.46. The van der Waals surface area contributed by atoms with Crippen LogP contribution in [0.1, 0.15) is 0 Å². The minimum Gasteiger partial charge on any atom is -0.275 e. The third kappa shape index (κ3) is 1.34. The molecule has 1 heterocycles. The first kappa shape index (κ1) is 6.82. The maximum Gasteiger partial charge on any atom is 0.326 e. The van der Waals surface area contributed by atoms with Crippen molar-refractivity contribution in [1.82, 2.24) is 0 Å². The van der Waals surface area contributed by atoms with Crippen molar-refractivity contribution in [2.75, 3.05) is 6.26 Å². The third-order valence-corrected chi connectivity index (χ3v) is 2.54. The van der Waals surface area contributed by atoms with Crippen LogP contribution in [-0.4, -0.2) is 21.7 Å². The molecule has 1 amide bonds. The van der Waals surface area contributed by atoms with Crippen LogP contribution < -0.4 is 0 Å². The number of nitrogens with zero attached hydrogens (tertiary/aromatic N) is 1. The van der Waals surface area contributed by atoms with Gasteiger partial charge in [0, 0.05) is 0 Å². The molecular formula is C4H3NO2S2. The van der Waals surface area contributed by atoms with Crippen molar-refractivity contribution in [2.24, 2.45) is 4.99 Å². The summed E-state index contributed by atoms with van der Waals surface area (Å²) in [6.45, 7) is 0. The lowest BCUT2D eigenvalue weighted by Crippen LogP contribution is -1.98. The van der Waals surface area contributed by atoms with Crippen molar-refractivity contribution < 1.29 is 9.59 Å². The summed E-state index contributed by atoms with van der Waals surface area (Å²) < 4.78 is 0.546. The minimum absolute atomic E-state index is 0.473. The number of amides is 1. The van der Waals surface area contributed by atoms with E-state index in [-0.39, 0.29) is 0 Å². The molecule has 0 saturated carbocycles. The van der Waals surface area contributed by atoms with Gasteiger partial charge in [0.15, 0.2) is 0 Å². The second-order valence-corrected chi connectivity index (χ2v) is 3.29. The van der Waals surface area contributed by atoms with Crippen molar-refractivity contribution in [2.45, 2.75) is 0 Å². The standard InChI is InChI=1S/C4H3NO2S2/c1-8-4-5-2(6)3(7)9-4/h1H3. The molecule has 1 rings (SSSR count). The summed E-state index contributed by atoms with van der Waals surface area (Å²) in [5.74, 6) is -0.635. The molecule has 48 valence electrons. The molecule has 0 bridgehead atoms. The molecule has 0 aromatic carbocycles. The number of rotatable bonds is 0. The maximum atomic E-state index is 10.4. The van der Waals surface area contributed by atoms with Gasteiger partial charge in [-0.25, -0.2) is 0 Å². The Labute approximate surface area is 60.3 Å². The van der Waals surface area contributed by atoms with Crippen LogP contribution in [0.2, 0.25) is 0 Å². The molecule has 0 N–H and O–H groups in total. The average Bonchev–Trinajstić information content (AvgIpc) is 2.13. The Morgan fingerprint density at radius 1 is 1.56 bits per heavy atom. The molecule has 1 aliphatic heterocycles. The molecule has 0 atom stereocenters. The van der Waals surface area contributed by atoms with Gasteiger partial charge in [-0.2, -0.15) is 4.99 Å². The summed E-state index contributed by atoms with van der Waals surface area (Å²) >= 11 is 2.21. The highest BCUT2D eigenvalue weighted by Crippen LogP contribution is 2.21. The summed E-state index contributed by atoms with van der Waals surface area (Å²) in [4.78, 5) is 24.2. The summed E-state index contributed by atoms with van der Waals surface area (Å²) in [6, 6.07) is 0. The van der Waals surface area contributed by atoms with Crippen LogP contribution in [0.4, 0.5) is 0 Å². The van der Waals surface area contributed by atoms with E-state index in [1.54, 1.807) is 6.26 Å². The molecule has 0 saturated heterocycles. The highest BCUT2D eigenvalue weighted by Gasteiger charge is 2.24. The summed E-state index contributed by atoms with van der Waals surface area (Å²) in [5.41, 5.74) is 0. The van der Waals surface area contributed by atoms with Gasteiger partial charge < -0.3 is 0 Å². The Hall–Kier alpha value is -0.290. The molecule has 5 heteroatoms. The van der Waals surface area contributed by atoms with Crippen LogP contribution in [-0.2, 0) is 9.59 Å². The van der Waals surface area contributed by atoms with Gasteiger partial charge in [-0.3, -0.25) is 9.59 Å². The van der Waals surface area contributed by atoms with Crippen molar-refractivity contribution in [3.05, 3.63) is 0 Å². The lowest BCUT2D eigenvalue weighted by molar-refractivity contribution is -0.130. The largest absolute Gasteiger partial charge is 0.326 e.